The molecule has 0 radical (unpaired) electrons. The van der Waals surface area contributed by atoms with Crippen molar-refractivity contribution in [3.8, 4) is 17.6 Å². The Morgan fingerprint density at radius 1 is 1.27 bits per heavy atom. The van der Waals surface area contributed by atoms with Crippen LogP contribution in [0.3, 0.4) is 0 Å². The molecule has 0 aliphatic carbocycles. The number of amides is 1. The van der Waals surface area contributed by atoms with Crippen molar-refractivity contribution in [2.24, 2.45) is 5.92 Å². The van der Waals surface area contributed by atoms with Gasteiger partial charge in [0.05, 0.1) is 35.4 Å². The molecule has 0 N–H and O–H groups in total. The first-order valence-corrected chi connectivity index (χ1v) is 8.26. The number of ether oxygens (including phenoxy) is 2. The van der Waals surface area contributed by atoms with E-state index in [0.29, 0.717) is 16.3 Å². The lowest BCUT2D eigenvalue weighted by Crippen LogP contribution is -2.27. The van der Waals surface area contributed by atoms with Gasteiger partial charge in [0, 0.05) is 19.0 Å². The zero-order chi connectivity index (χ0) is 18.7. The molecule has 1 heterocycles. The van der Waals surface area contributed by atoms with Gasteiger partial charge in [0.25, 0.3) is 0 Å². The summed E-state index contributed by atoms with van der Waals surface area (Å²) in [5.41, 5.74) is 0.966. The van der Waals surface area contributed by atoms with Crippen molar-refractivity contribution in [3.63, 3.8) is 0 Å². The van der Waals surface area contributed by atoms with Crippen LogP contribution in [0.25, 0.3) is 0 Å². The lowest BCUT2D eigenvalue weighted by molar-refractivity contribution is -0.139. The largest absolute Gasteiger partial charge is 0.493 e. The summed E-state index contributed by atoms with van der Waals surface area (Å²) in [5.74, 6) is -0.841. The molecule has 132 valence electrons. The smallest absolute Gasteiger partial charge is 0.316 e. The molecule has 0 bridgehead atoms. The van der Waals surface area contributed by atoms with Gasteiger partial charge >= 0.3 is 5.97 Å². The van der Waals surface area contributed by atoms with E-state index in [2.05, 4.69) is 0 Å². The van der Waals surface area contributed by atoms with E-state index in [9.17, 15) is 9.59 Å². The summed E-state index contributed by atoms with van der Waals surface area (Å²) in [6.45, 7) is 0.194. The highest BCUT2D eigenvalue weighted by Crippen LogP contribution is 2.33. The Labute approximate surface area is 155 Å². The summed E-state index contributed by atoms with van der Waals surface area (Å²) in [6.07, 6.45) is 0.0443. The van der Waals surface area contributed by atoms with Crippen molar-refractivity contribution in [1.29, 1.82) is 5.26 Å². The van der Waals surface area contributed by atoms with Crippen molar-refractivity contribution in [1.82, 2.24) is 0 Å². The van der Waals surface area contributed by atoms with Gasteiger partial charge in [-0.25, -0.2) is 0 Å². The number of hydrogen-bond donors (Lipinski definition) is 0. The molecule has 7 heteroatoms. The number of rotatable bonds is 4. The SMILES string of the molecule is COc1cc(C#N)ccc1OC(=O)C1CC(=O)N(c2ccccc2Cl)C1. The maximum atomic E-state index is 12.5. The summed E-state index contributed by atoms with van der Waals surface area (Å²) in [4.78, 5) is 26.3. The zero-order valence-corrected chi connectivity index (χ0v) is 14.7. The van der Waals surface area contributed by atoms with Crippen LogP contribution in [0.4, 0.5) is 5.69 Å². The minimum absolute atomic E-state index is 0.0443. The van der Waals surface area contributed by atoms with E-state index in [1.54, 1.807) is 24.3 Å². The number of anilines is 1. The fourth-order valence-electron chi connectivity index (χ4n) is 2.78. The van der Waals surface area contributed by atoms with E-state index in [-0.39, 0.29) is 30.4 Å². The maximum absolute atomic E-state index is 12.5. The molecular weight excluding hydrogens is 356 g/mol. The second-order valence-electron chi connectivity index (χ2n) is 5.76. The summed E-state index contributed by atoms with van der Waals surface area (Å²) in [5, 5.41) is 9.37. The van der Waals surface area contributed by atoms with E-state index in [4.69, 9.17) is 26.3 Å². The summed E-state index contributed by atoms with van der Waals surface area (Å²) in [7, 11) is 1.42. The predicted molar refractivity (Wildman–Crippen MR) is 95.3 cm³/mol. The Morgan fingerprint density at radius 2 is 2.04 bits per heavy atom. The maximum Gasteiger partial charge on any atom is 0.316 e. The highest BCUT2D eigenvalue weighted by atomic mass is 35.5. The molecule has 2 aromatic carbocycles. The van der Waals surface area contributed by atoms with Gasteiger partial charge in [-0.1, -0.05) is 23.7 Å². The molecule has 1 atom stereocenters. The molecule has 1 aliphatic rings. The number of halogens is 1. The van der Waals surface area contributed by atoms with Gasteiger partial charge in [-0.05, 0) is 24.3 Å². The van der Waals surface area contributed by atoms with Crippen LogP contribution >= 0.6 is 11.6 Å². The Morgan fingerprint density at radius 3 is 2.73 bits per heavy atom. The summed E-state index contributed by atoms with van der Waals surface area (Å²) < 4.78 is 10.6. The van der Waals surface area contributed by atoms with E-state index < -0.39 is 11.9 Å². The van der Waals surface area contributed by atoms with E-state index in [1.807, 2.05) is 6.07 Å². The van der Waals surface area contributed by atoms with Crippen LogP contribution in [0.1, 0.15) is 12.0 Å². The fraction of sp³-hybridized carbons (Fsp3) is 0.211. The minimum Gasteiger partial charge on any atom is -0.493 e. The average Bonchev–Trinajstić information content (AvgIpc) is 3.04. The van der Waals surface area contributed by atoms with Gasteiger partial charge in [0.2, 0.25) is 5.91 Å². The molecule has 0 saturated carbocycles. The van der Waals surface area contributed by atoms with Crippen molar-refractivity contribution < 1.29 is 19.1 Å². The molecular formula is C19H15ClN2O4. The van der Waals surface area contributed by atoms with Crippen molar-refractivity contribution in [2.75, 3.05) is 18.6 Å². The monoisotopic (exact) mass is 370 g/mol. The highest BCUT2D eigenvalue weighted by molar-refractivity contribution is 6.33. The van der Waals surface area contributed by atoms with Gasteiger partial charge in [-0.3, -0.25) is 9.59 Å². The molecule has 0 spiro atoms. The van der Waals surface area contributed by atoms with Crippen LogP contribution in [0.15, 0.2) is 42.5 Å². The number of nitriles is 1. The van der Waals surface area contributed by atoms with Crippen LogP contribution in [0.2, 0.25) is 5.02 Å². The minimum atomic E-state index is -0.612. The number of carbonyl (C=O) groups excluding carboxylic acids is 2. The lowest BCUT2D eigenvalue weighted by Gasteiger charge is -2.18. The van der Waals surface area contributed by atoms with Crippen LogP contribution in [-0.2, 0) is 9.59 Å². The van der Waals surface area contributed by atoms with Crippen LogP contribution < -0.4 is 14.4 Å². The van der Waals surface area contributed by atoms with Crippen LogP contribution in [0, 0.1) is 17.2 Å². The third-order valence-electron chi connectivity index (χ3n) is 4.10. The van der Waals surface area contributed by atoms with E-state index >= 15 is 0 Å². The van der Waals surface area contributed by atoms with Crippen LogP contribution in [0.5, 0.6) is 11.5 Å². The molecule has 1 saturated heterocycles. The molecule has 1 aliphatic heterocycles. The first-order valence-electron chi connectivity index (χ1n) is 7.88. The van der Waals surface area contributed by atoms with Gasteiger partial charge < -0.3 is 14.4 Å². The second kappa shape index (κ2) is 7.46. The summed E-state index contributed by atoms with van der Waals surface area (Å²) in [6, 6.07) is 13.5. The number of nitrogens with zero attached hydrogens (tertiary/aromatic N) is 2. The molecule has 2 aromatic rings. The zero-order valence-electron chi connectivity index (χ0n) is 13.9. The molecule has 26 heavy (non-hydrogen) atoms. The van der Waals surface area contributed by atoms with Gasteiger partial charge in [0.15, 0.2) is 11.5 Å². The van der Waals surface area contributed by atoms with E-state index in [0.717, 1.165) is 0 Å². The van der Waals surface area contributed by atoms with Crippen molar-refractivity contribution >= 4 is 29.2 Å². The van der Waals surface area contributed by atoms with Gasteiger partial charge in [0.1, 0.15) is 0 Å². The van der Waals surface area contributed by atoms with Crippen molar-refractivity contribution in [3.05, 3.63) is 53.1 Å². The highest BCUT2D eigenvalue weighted by Gasteiger charge is 2.37. The second-order valence-corrected chi connectivity index (χ2v) is 6.16. The topological polar surface area (TPSA) is 79.6 Å². The molecule has 1 amide bonds. The third kappa shape index (κ3) is 3.48. The first kappa shape index (κ1) is 17.8. The first-order chi connectivity index (χ1) is 12.5. The Kier molecular flexibility index (Phi) is 5.10. The molecule has 0 aromatic heterocycles. The number of esters is 1. The number of hydrogen-bond acceptors (Lipinski definition) is 5. The molecule has 6 nitrogen and oxygen atoms in total. The number of para-hydroxylation sites is 1. The van der Waals surface area contributed by atoms with Crippen molar-refractivity contribution in [2.45, 2.75) is 6.42 Å². The standard InChI is InChI=1S/C19H15ClN2O4/c1-25-17-8-12(10-21)6-7-16(17)26-19(24)13-9-18(23)22(11-13)15-5-3-2-4-14(15)20/h2-8,13H,9,11H2,1H3. The van der Waals surface area contributed by atoms with E-state index in [1.165, 1.54) is 30.2 Å². The average molecular weight is 371 g/mol. The molecule has 1 fully saturated rings. The lowest BCUT2D eigenvalue weighted by atomic mass is 10.1. The number of methoxy groups -OCH3 is 1. The third-order valence-corrected chi connectivity index (χ3v) is 4.42. The quantitative estimate of drug-likeness (QED) is 0.610. The Bertz CT molecular complexity index is 907. The molecule has 1 unspecified atom stereocenters. The normalized spacial score (nSPS) is 16.3. The van der Waals surface area contributed by atoms with Gasteiger partial charge in [-0.15, -0.1) is 0 Å². The predicted octanol–water partition coefficient (Wildman–Crippen LogP) is 3.18. The number of carbonyl (C=O) groups is 2. The summed E-state index contributed by atoms with van der Waals surface area (Å²) >= 11 is 6.14. The Balaban J connectivity index is 1.75. The van der Waals surface area contributed by atoms with Gasteiger partial charge in [-0.2, -0.15) is 5.26 Å². The van der Waals surface area contributed by atoms with Crippen LogP contribution in [-0.4, -0.2) is 25.5 Å². The fourth-order valence-corrected chi connectivity index (χ4v) is 3.02. The number of benzene rings is 2. The molecule has 3 rings (SSSR count). The Hall–Kier alpha value is -3.04.